The fraction of sp³-hybridized carbons (Fsp3) is 0.294. The Hall–Kier alpha value is -2.39. The molecule has 0 fully saturated rings. The first-order valence-corrected chi connectivity index (χ1v) is 8.62. The van der Waals surface area contributed by atoms with Gasteiger partial charge in [-0.2, -0.15) is 13.2 Å². The lowest BCUT2D eigenvalue weighted by molar-refractivity contribution is -0.267. The minimum Gasteiger partial charge on any atom is -0.374 e. The first kappa shape index (κ1) is 18.4. The van der Waals surface area contributed by atoms with Gasteiger partial charge in [-0.3, -0.25) is 4.79 Å². The molecule has 2 heterocycles. The largest absolute Gasteiger partial charge is 0.424 e. The minimum atomic E-state index is -5.02. The average molecular weight is 383 g/mol. The summed E-state index contributed by atoms with van der Waals surface area (Å²) in [5.74, 6) is -0.920. The summed E-state index contributed by atoms with van der Waals surface area (Å²) in [4.78, 5) is 18.8. The number of hydrogen-bond donors (Lipinski definition) is 3. The van der Waals surface area contributed by atoms with Crippen LogP contribution >= 0.6 is 11.3 Å². The molecule has 1 atom stereocenters. The second-order valence-electron chi connectivity index (χ2n) is 5.99. The number of carbonyl (C=O) groups is 1. The Labute approximate surface area is 150 Å². The molecule has 1 aromatic carbocycles. The summed E-state index contributed by atoms with van der Waals surface area (Å²) >= 11 is 0.676. The van der Waals surface area contributed by atoms with Crippen molar-refractivity contribution in [2.45, 2.75) is 31.7 Å². The molecule has 138 valence electrons. The Morgan fingerprint density at radius 3 is 2.69 bits per heavy atom. The van der Waals surface area contributed by atoms with Crippen LogP contribution in [0.1, 0.15) is 22.8 Å². The number of nitrogens with zero attached hydrogens (tertiary/aromatic N) is 1. The maximum Gasteiger partial charge on any atom is 0.424 e. The van der Waals surface area contributed by atoms with Gasteiger partial charge in [-0.1, -0.05) is 18.2 Å². The Morgan fingerprint density at radius 1 is 1.35 bits per heavy atom. The van der Waals surface area contributed by atoms with Crippen molar-refractivity contribution in [1.82, 2.24) is 15.3 Å². The number of fused-ring (bicyclic) bond motifs is 1. The molecule has 1 amide bonds. The second kappa shape index (κ2) is 6.73. The topological polar surface area (TPSA) is 78.0 Å². The number of H-pyrrole nitrogens is 1. The van der Waals surface area contributed by atoms with E-state index in [0.717, 1.165) is 10.9 Å². The summed E-state index contributed by atoms with van der Waals surface area (Å²) in [6.45, 7) is 1.55. The molecule has 3 aromatic rings. The normalized spacial score (nSPS) is 14.3. The molecule has 0 aliphatic carbocycles. The zero-order valence-electron chi connectivity index (χ0n) is 13.7. The van der Waals surface area contributed by atoms with E-state index in [9.17, 15) is 23.1 Å². The number of nitrogens with one attached hydrogen (secondary N) is 2. The number of benzene rings is 1. The van der Waals surface area contributed by atoms with Crippen molar-refractivity contribution in [3.8, 4) is 0 Å². The van der Waals surface area contributed by atoms with Crippen molar-refractivity contribution in [1.29, 1.82) is 0 Å². The zero-order chi connectivity index (χ0) is 18.9. The monoisotopic (exact) mass is 383 g/mol. The van der Waals surface area contributed by atoms with Crippen molar-refractivity contribution in [3.63, 3.8) is 0 Å². The number of aromatic amines is 1. The van der Waals surface area contributed by atoms with E-state index in [1.807, 2.05) is 24.3 Å². The SMILES string of the molecule is Cc1csc(C(O)(CC(=O)NCc2cc3ccccc3[nH]2)C(F)(F)F)n1. The van der Waals surface area contributed by atoms with E-state index in [-0.39, 0.29) is 6.54 Å². The molecule has 1 unspecified atom stereocenters. The highest BCUT2D eigenvalue weighted by Gasteiger charge is 2.58. The van der Waals surface area contributed by atoms with Crippen LogP contribution in [-0.2, 0) is 16.9 Å². The van der Waals surface area contributed by atoms with Crippen LogP contribution in [0, 0.1) is 6.92 Å². The lowest BCUT2D eigenvalue weighted by Gasteiger charge is -2.27. The van der Waals surface area contributed by atoms with Gasteiger partial charge in [-0.05, 0) is 24.4 Å². The van der Waals surface area contributed by atoms with Gasteiger partial charge < -0.3 is 15.4 Å². The van der Waals surface area contributed by atoms with Crippen LogP contribution in [0.25, 0.3) is 10.9 Å². The number of halogens is 3. The lowest BCUT2D eigenvalue weighted by atomic mass is 9.99. The number of para-hydroxylation sites is 1. The molecule has 0 radical (unpaired) electrons. The molecule has 5 nitrogen and oxygen atoms in total. The standard InChI is InChI=1S/C17H16F3N3O2S/c1-10-9-26-15(22-10)16(25,17(18,19)20)7-14(24)21-8-12-6-11-4-2-3-5-13(11)23-12/h2-6,9,23,25H,7-8H2,1H3,(H,21,24). The summed E-state index contributed by atoms with van der Waals surface area (Å²) in [5, 5.41) is 14.4. The first-order valence-electron chi connectivity index (χ1n) is 7.74. The number of thiazole rings is 1. The van der Waals surface area contributed by atoms with E-state index in [0.29, 0.717) is 22.7 Å². The summed E-state index contributed by atoms with van der Waals surface area (Å²) in [6.07, 6.45) is -6.17. The molecular formula is C17H16F3N3O2S. The molecule has 9 heteroatoms. The first-order chi connectivity index (χ1) is 12.2. The van der Waals surface area contributed by atoms with Gasteiger partial charge in [0.15, 0.2) is 0 Å². The van der Waals surface area contributed by atoms with E-state index in [1.165, 1.54) is 12.3 Å². The Morgan fingerprint density at radius 2 is 2.08 bits per heavy atom. The summed E-state index contributed by atoms with van der Waals surface area (Å²) < 4.78 is 40.2. The maximum atomic E-state index is 13.4. The molecule has 26 heavy (non-hydrogen) atoms. The Bertz CT molecular complexity index is 902. The van der Waals surface area contributed by atoms with Crippen LogP contribution in [0.4, 0.5) is 13.2 Å². The second-order valence-corrected chi connectivity index (χ2v) is 6.85. The van der Waals surface area contributed by atoms with Crippen LogP contribution < -0.4 is 5.32 Å². The van der Waals surface area contributed by atoms with Gasteiger partial charge in [0.2, 0.25) is 11.5 Å². The van der Waals surface area contributed by atoms with Gasteiger partial charge in [0.1, 0.15) is 5.01 Å². The smallest absolute Gasteiger partial charge is 0.374 e. The van der Waals surface area contributed by atoms with Crippen molar-refractivity contribution in [2.24, 2.45) is 0 Å². The van der Waals surface area contributed by atoms with Crippen molar-refractivity contribution in [3.05, 3.63) is 52.1 Å². The van der Waals surface area contributed by atoms with Crippen LogP contribution in [0.3, 0.4) is 0 Å². The van der Waals surface area contributed by atoms with Crippen LogP contribution in [0.5, 0.6) is 0 Å². The molecular weight excluding hydrogens is 367 g/mol. The molecule has 0 aliphatic rings. The summed E-state index contributed by atoms with van der Waals surface area (Å²) in [7, 11) is 0. The third-order valence-corrected chi connectivity index (χ3v) is 5.03. The van der Waals surface area contributed by atoms with Crippen LogP contribution in [-0.4, -0.2) is 27.2 Å². The highest BCUT2D eigenvalue weighted by Crippen LogP contribution is 2.42. The molecule has 3 rings (SSSR count). The third-order valence-electron chi connectivity index (χ3n) is 3.92. The Balaban J connectivity index is 1.72. The van der Waals surface area contributed by atoms with Crippen molar-refractivity contribution in [2.75, 3.05) is 0 Å². The van der Waals surface area contributed by atoms with E-state index >= 15 is 0 Å². The predicted octanol–water partition coefficient (Wildman–Crippen LogP) is 3.39. The molecule has 0 spiro atoms. The zero-order valence-corrected chi connectivity index (χ0v) is 14.5. The maximum absolute atomic E-state index is 13.4. The van der Waals surface area contributed by atoms with E-state index in [1.54, 1.807) is 6.07 Å². The number of aryl methyl sites for hydroxylation is 1. The number of aromatic nitrogens is 2. The molecule has 3 N–H and O–H groups in total. The van der Waals surface area contributed by atoms with Gasteiger partial charge in [-0.25, -0.2) is 4.98 Å². The van der Waals surface area contributed by atoms with E-state index in [4.69, 9.17) is 0 Å². The van der Waals surface area contributed by atoms with Gasteiger partial charge in [-0.15, -0.1) is 11.3 Å². The molecule has 0 aliphatic heterocycles. The van der Waals surface area contributed by atoms with Gasteiger partial charge >= 0.3 is 6.18 Å². The fourth-order valence-electron chi connectivity index (χ4n) is 2.56. The number of carbonyl (C=O) groups excluding carboxylic acids is 1. The Kier molecular flexibility index (Phi) is 4.76. The van der Waals surface area contributed by atoms with E-state index < -0.39 is 29.1 Å². The number of hydrogen-bond acceptors (Lipinski definition) is 4. The summed E-state index contributed by atoms with van der Waals surface area (Å²) in [5.41, 5.74) is -1.44. The van der Waals surface area contributed by atoms with Gasteiger partial charge in [0.25, 0.3) is 0 Å². The minimum absolute atomic E-state index is 0.0261. The molecule has 0 saturated heterocycles. The summed E-state index contributed by atoms with van der Waals surface area (Å²) in [6, 6.07) is 9.24. The van der Waals surface area contributed by atoms with Gasteiger partial charge in [0, 0.05) is 22.3 Å². The van der Waals surface area contributed by atoms with Crippen molar-refractivity contribution >= 4 is 28.1 Å². The number of aliphatic hydroxyl groups is 1. The number of alkyl halides is 3. The van der Waals surface area contributed by atoms with Crippen LogP contribution in [0.15, 0.2) is 35.7 Å². The van der Waals surface area contributed by atoms with E-state index in [2.05, 4.69) is 15.3 Å². The fourth-order valence-corrected chi connectivity index (χ4v) is 3.47. The predicted molar refractivity (Wildman–Crippen MR) is 91.6 cm³/mol. The molecule has 2 aromatic heterocycles. The molecule has 0 saturated carbocycles. The highest BCUT2D eigenvalue weighted by atomic mass is 32.1. The lowest BCUT2D eigenvalue weighted by Crippen LogP contribution is -2.46. The third kappa shape index (κ3) is 3.58. The van der Waals surface area contributed by atoms with Crippen molar-refractivity contribution < 1.29 is 23.1 Å². The average Bonchev–Trinajstić information content (AvgIpc) is 3.17. The quantitative estimate of drug-likeness (QED) is 0.632. The highest BCUT2D eigenvalue weighted by molar-refractivity contribution is 7.09. The number of rotatable bonds is 5. The number of amides is 1. The molecule has 0 bridgehead atoms. The van der Waals surface area contributed by atoms with Crippen LogP contribution in [0.2, 0.25) is 0 Å². The van der Waals surface area contributed by atoms with Gasteiger partial charge in [0.05, 0.1) is 13.0 Å².